The van der Waals surface area contributed by atoms with Crippen molar-refractivity contribution in [1.82, 2.24) is 9.66 Å². The van der Waals surface area contributed by atoms with Crippen LogP contribution in [-0.2, 0) is 5.75 Å². The van der Waals surface area contributed by atoms with Gasteiger partial charge in [0.25, 0.3) is 0 Å². The highest BCUT2D eigenvalue weighted by Crippen LogP contribution is 2.36. The summed E-state index contributed by atoms with van der Waals surface area (Å²) in [5, 5.41) is 0. The summed E-state index contributed by atoms with van der Waals surface area (Å²) in [6.45, 7) is 2.06. The standard InChI is InChI=1S/C8H11N3S/c1-6-4-10-8(9-6)5-12-11(10)7-2-3-7/h4,7H,2-3,5H2,1H3. The fourth-order valence-electron chi connectivity index (χ4n) is 1.57. The number of hydrogen-bond donors (Lipinski definition) is 0. The summed E-state index contributed by atoms with van der Waals surface area (Å²) in [7, 11) is 0. The molecule has 2 aliphatic rings. The lowest BCUT2D eigenvalue weighted by Gasteiger charge is -2.16. The lowest BCUT2D eigenvalue weighted by Crippen LogP contribution is -2.25. The summed E-state index contributed by atoms with van der Waals surface area (Å²) in [5.41, 5.74) is 1.14. The minimum Gasteiger partial charge on any atom is -0.250 e. The van der Waals surface area contributed by atoms with E-state index in [-0.39, 0.29) is 0 Å². The van der Waals surface area contributed by atoms with Crippen molar-refractivity contribution in [3.05, 3.63) is 17.7 Å². The molecule has 1 aromatic rings. The van der Waals surface area contributed by atoms with Crippen LogP contribution in [0, 0.1) is 6.92 Å². The van der Waals surface area contributed by atoms with Gasteiger partial charge in [0.2, 0.25) is 0 Å². The Balaban J connectivity index is 2.00. The Kier molecular flexibility index (Phi) is 1.25. The molecule has 0 N–H and O–H groups in total. The Hall–Kier alpha value is -0.640. The number of hydrogen-bond acceptors (Lipinski definition) is 3. The Morgan fingerprint density at radius 1 is 1.58 bits per heavy atom. The summed E-state index contributed by atoms with van der Waals surface area (Å²) < 4.78 is 4.59. The van der Waals surface area contributed by atoms with E-state index in [1.54, 1.807) is 0 Å². The lowest BCUT2D eigenvalue weighted by atomic mass is 10.6. The van der Waals surface area contributed by atoms with Crippen LogP contribution < -0.4 is 4.41 Å². The molecule has 1 aliphatic heterocycles. The first-order valence-corrected chi connectivity index (χ1v) is 5.26. The second-order valence-electron chi connectivity index (χ2n) is 3.45. The molecule has 0 bridgehead atoms. The normalized spacial score (nSPS) is 21.6. The van der Waals surface area contributed by atoms with Gasteiger partial charge in [0, 0.05) is 0 Å². The van der Waals surface area contributed by atoms with E-state index < -0.39 is 0 Å². The molecular formula is C8H11N3S. The summed E-state index contributed by atoms with van der Waals surface area (Å²) in [5.74, 6) is 2.26. The van der Waals surface area contributed by atoms with Gasteiger partial charge in [-0.1, -0.05) is 0 Å². The Morgan fingerprint density at radius 2 is 2.42 bits per heavy atom. The van der Waals surface area contributed by atoms with Gasteiger partial charge in [-0.15, -0.1) is 0 Å². The van der Waals surface area contributed by atoms with Gasteiger partial charge in [-0.25, -0.2) is 9.66 Å². The Bertz CT molecular complexity index is 316. The zero-order valence-corrected chi connectivity index (χ0v) is 7.84. The highest BCUT2D eigenvalue weighted by molar-refractivity contribution is 7.99. The maximum absolute atomic E-state index is 4.45. The number of aromatic nitrogens is 2. The van der Waals surface area contributed by atoms with Crippen LogP contribution in [0.1, 0.15) is 24.4 Å². The quantitative estimate of drug-likeness (QED) is 0.612. The van der Waals surface area contributed by atoms with Crippen LogP contribution in [0.25, 0.3) is 0 Å². The van der Waals surface area contributed by atoms with Crippen LogP contribution in [0.3, 0.4) is 0 Å². The Morgan fingerprint density at radius 3 is 3.17 bits per heavy atom. The van der Waals surface area contributed by atoms with Crippen molar-refractivity contribution in [2.75, 3.05) is 4.41 Å². The highest BCUT2D eigenvalue weighted by Gasteiger charge is 2.34. The maximum Gasteiger partial charge on any atom is 0.140 e. The molecule has 0 aromatic carbocycles. The maximum atomic E-state index is 4.45. The summed E-state index contributed by atoms with van der Waals surface area (Å²) >= 11 is 1.89. The van der Waals surface area contributed by atoms with Crippen molar-refractivity contribution in [3.63, 3.8) is 0 Å². The van der Waals surface area contributed by atoms with Crippen molar-refractivity contribution in [2.45, 2.75) is 31.6 Å². The van der Waals surface area contributed by atoms with Gasteiger partial charge in [0.15, 0.2) is 0 Å². The largest absolute Gasteiger partial charge is 0.250 e. The van der Waals surface area contributed by atoms with Crippen molar-refractivity contribution in [2.24, 2.45) is 0 Å². The number of imidazole rings is 1. The smallest absolute Gasteiger partial charge is 0.140 e. The zero-order valence-electron chi connectivity index (χ0n) is 7.03. The van der Waals surface area contributed by atoms with Crippen LogP contribution in [0.2, 0.25) is 0 Å². The topological polar surface area (TPSA) is 21.1 Å². The first kappa shape index (κ1) is 6.83. The molecule has 0 atom stereocenters. The number of aryl methyl sites for hydroxylation is 1. The average Bonchev–Trinajstić information content (AvgIpc) is 2.69. The van der Waals surface area contributed by atoms with E-state index in [2.05, 4.69) is 27.2 Å². The van der Waals surface area contributed by atoms with E-state index in [0.29, 0.717) is 0 Å². The first-order chi connectivity index (χ1) is 5.84. The molecule has 1 aromatic heterocycles. The van der Waals surface area contributed by atoms with Gasteiger partial charge in [-0.3, -0.25) is 4.41 Å². The van der Waals surface area contributed by atoms with Gasteiger partial charge in [0.1, 0.15) is 5.82 Å². The SMILES string of the molecule is Cc1cn2c(n1)CSN2C1CC1. The predicted molar refractivity (Wildman–Crippen MR) is 49.5 cm³/mol. The third kappa shape index (κ3) is 0.874. The second kappa shape index (κ2) is 2.19. The van der Waals surface area contributed by atoms with Gasteiger partial charge < -0.3 is 0 Å². The number of rotatable bonds is 1. The van der Waals surface area contributed by atoms with Crippen LogP contribution in [0.4, 0.5) is 0 Å². The summed E-state index contributed by atoms with van der Waals surface area (Å²) in [6, 6.07) is 0.782. The monoisotopic (exact) mass is 181 g/mol. The molecule has 0 radical (unpaired) electrons. The van der Waals surface area contributed by atoms with Gasteiger partial charge in [-0.05, 0) is 31.7 Å². The first-order valence-electron chi connectivity index (χ1n) is 4.32. The molecular weight excluding hydrogens is 170 g/mol. The van der Waals surface area contributed by atoms with E-state index in [9.17, 15) is 0 Å². The third-order valence-electron chi connectivity index (χ3n) is 2.28. The molecule has 2 heterocycles. The molecule has 1 aliphatic carbocycles. The molecule has 12 heavy (non-hydrogen) atoms. The molecule has 0 unspecified atom stereocenters. The number of nitrogens with zero attached hydrogens (tertiary/aromatic N) is 3. The molecule has 1 saturated carbocycles. The van der Waals surface area contributed by atoms with Crippen LogP contribution in [-0.4, -0.2) is 15.7 Å². The minimum absolute atomic E-state index is 0.782. The summed E-state index contributed by atoms with van der Waals surface area (Å²) in [4.78, 5) is 4.45. The molecule has 0 spiro atoms. The third-order valence-corrected chi connectivity index (χ3v) is 3.40. The molecule has 0 amide bonds. The number of fused-ring (bicyclic) bond motifs is 1. The summed E-state index contributed by atoms with van der Waals surface area (Å²) in [6.07, 6.45) is 4.83. The molecule has 0 saturated heterocycles. The average molecular weight is 181 g/mol. The Labute approximate surface area is 75.9 Å². The molecule has 3 rings (SSSR count). The van der Waals surface area contributed by atoms with Crippen LogP contribution in [0.15, 0.2) is 6.20 Å². The van der Waals surface area contributed by atoms with Crippen molar-refractivity contribution >= 4 is 11.9 Å². The van der Waals surface area contributed by atoms with E-state index in [4.69, 9.17) is 0 Å². The van der Waals surface area contributed by atoms with Crippen LogP contribution in [0.5, 0.6) is 0 Å². The van der Waals surface area contributed by atoms with Crippen molar-refractivity contribution < 1.29 is 0 Å². The molecule has 1 fully saturated rings. The van der Waals surface area contributed by atoms with Gasteiger partial charge >= 0.3 is 0 Å². The zero-order chi connectivity index (χ0) is 8.13. The second-order valence-corrected chi connectivity index (χ2v) is 4.37. The van der Waals surface area contributed by atoms with Gasteiger partial charge in [-0.2, -0.15) is 0 Å². The minimum atomic E-state index is 0.782. The van der Waals surface area contributed by atoms with E-state index in [1.165, 1.54) is 18.7 Å². The van der Waals surface area contributed by atoms with Crippen molar-refractivity contribution in [3.8, 4) is 0 Å². The van der Waals surface area contributed by atoms with E-state index in [0.717, 1.165) is 17.5 Å². The fourth-order valence-corrected chi connectivity index (χ4v) is 2.70. The predicted octanol–water partition coefficient (Wildman–Crippen LogP) is 1.45. The van der Waals surface area contributed by atoms with E-state index >= 15 is 0 Å². The fraction of sp³-hybridized carbons (Fsp3) is 0.625. The lowest BCUT2D eigenvalue weighted by molar-refractivity contribution is 0.740. The van der Waals surface area contributed by atoms with E-state index in [1.807, 2.05) is 11.9 Å². The van der Waals surface area contributed by atoms with Gasteiger partial charge in [0.05, 0.1) is 23.7 Å². The molecule has 4 heteroatoms. The highest BCUT2D eigenvalue weighted by atomic mass is 32.2. The molecule has 64 valence electrons. The molecule has 3 nitrogen and oxygen atoms in total. The van der Waals surface area contributed by atoms with Crippen LogP contribution >= 0.6 is 11.9 Å². The van der Waals surface area contributed by atoms with Crippen molar-refractivity contribution in [1.29, 1.82) is 0 Å².